The molecular formula is C20H28N4S. The van der Waals surface area contributed by atoms with Crippen LogP contribution in [0.3, 0.4) is 0 Å². The first-order valence-corrected chi connectivity index (χ1v) is 9.91. The first-order valence-electron chi connectivity index (χ1n) is 9.03. The monoisotopic (exact) mass is 356 g/mol. The number of hydrogen-bond acceptors (Lipinski definition) is 3. The summed E-state index contributed by atoms with van der Waals surface area (Å²) in [5.41, 5.74) is 2.99. The van der Waals surface area contributed by atoms with Crippen molar-refractivity contribution in [3.05, 3.63) is 52.0 Å². The van der Waals surface area contributed by atoms with E-state index in [1.54, 1.807) is 11.3 Å². The van der Waals surface area contributed by atoms with Crippen LogP contribution < -0.4 is 10.6 Å². The van der Waals surface area contributed by atoms with E-state index in [9.17, 15) is 0 Å². The van der Waals surface area contributed by atoms with Crippen LogP contribution in [-0.2, 0) is 13.0 Å². The Kier molecular flexibility index (Phi) is 5.74. The molecule has 1 aliphatic rings. The molecule has 0 radical (unpaired) electrons. The van der Waals surface area contributed by atoms with E-state index in [0.717, 1.165) is 30.5 Å². The molecule has 2 N–H and O–H groups in total. The van der Waals surface area contributed by atoms with Gasteiger partial charge in [0.2, 0.25) is 0 Å². The van der Waals surface area contributed by atoms with E-state index in [4.69, 9.17) is 0 Å². The predicted molar refractivity (Wildman–Crippen MR) is 106 cm³/mol. The van der Waals surface area contributed by atoms with E-state index in [1.165, 1.54) is 24.1 Å². The largest absolute Gasteiger partial charge is 0.356 e. The second-order valence-corrected chi connectivity index (χ2v) is 8.21. The SMILES string of the molecule is CN=C(NCc1nc(C(C)C)cs1)NCC1(Cc2ccccc2)CC1. The van der Waals surface area contributed by atoms with Crippen LogP contribution in [0.1, 0.15) is 48.9 Å². The van der Waals surface area contributed by atoms with Crippen LogP contribution in [0.4, 0.5) is 0 Å². The smallest absolute Gasteiger partial charge is 0.191 e. The van der Waals surface area contributed by atoms with Gasteiger partial charge in [0.25, 0.3) is 0 Å². The summed E-state index contributed by atoms with van der Waals surface area (Å²) >= 11 is 1.71. The summed E-state index contributed by atoms with van der Waals surface area (Å²) in [7, 11) is 1.83. The van der Waals surface area contributed by atoms with Crippen molar-refractivity contribution in [3.63, 3.8) is 0 Å². The Morgan fingerprint density at radius 3 is 2.60 bits per heavy atom. The molecule has 0 spiro atoms. The first kappa shape index (κ1) is 17.9. The highest BCUT2D eigenvalue weighted by Gasteiger charge is 2.42. The van der Waals surface area contributed by atoms with Crippen molar-refractivity contribution in [3.8, 4) is 0 Å². The zero-order valence-corrected chi connectivity index (χ0v) is 16.2. The number of guanidine groups is 1. The Balaban J connectivity index is 1.47. The van der Waals surface area contributed by atoms with Crippen molar-refractivity contribution in [2.24, 2.45) is 10.4 Å². The molecule has 0 amide bonds. The van der Waals surface area contributed by atoms with Crippen molar-refractivity contribution < 1.29 is 0 Å². The minimum absolute atomic E-state index is 0.394. The van der Waals surface area contributed by atoms with E-state index in [0.29, 0.717) is 11.3 Å². The first-order chi connectivity index (χ1) is 12.1. The quantitative estimate of drug-likeness (QED) is 0.583. The van der Waals surface area contributed by atoms with Gasteiger partial charge in [0.1, 0.15) is 5.01 Å². The summed E-state index contributed by atoms with van der Waals surface area (Å²) in [4.78, 5) is 9.02. The number of aromatic nitrogens is 1. The van der Waals surface area contributed by atoms with Crippen molar-refractivity contribution in [2.75, 3.05) is 13.6 Å². The van der Waals surface area contributed by atoms with Crippen molar-refractivity contribution >= 4 is 17.3 Å². The number of rotatable bonds is 7. The molecule has 1 aliphatic carbocycles. The number of nitrogens with zero attached hydrogens (tertiary/aromatic N) is 2. The molecule has 25 heavy (non-hydrogen) atoms. The standard InChI is InChI=1S/C20H28N4S/c1-15(2)17-13-25-18(24-17)12-22-19(21-3)23-14-20(9-10-20)11-16-7-5-4-6-8-16/h4-8,13,15H,9-12,14H2,1-3H3,(H2,21,22,23). The van der Waals surface area contributed by atoms with E-state index in [-0.39, 0.29) is 0 Å². The molecule has 5 heteroatoms. The van der Waals surface area contributed by atoms with Gasteiger partial charge in [-0.2, -0.15) is 0 Å². The molecule has 1 aromatic heterocycles. The van der Waals surface area contributed by atoms with E-state index < -0.39 is 0 Å². The average Bonchev–Trinajstić information content (AvgIpc) is 3.20. The Labute approximate surface area is 154 Å². The molecule has 1 saturated carbocycles. The Morgan fingerprint density at radius 2 is 2.00 bits per heavy atom. The molecule has 4 nitrogen and oxygen atoms in total. The Hall–Kier alpha value is -1.88. The van der Waals surface area contributed by atoms with Gasteiger partial charge in [-0.15, -0.1) is 11.3 Å². The van der Waals surface area contributed by atoms with Crippen LogP contribution in [0.25, 0.3) is 0 Å². The van der Waals surface area contributed by atoms with Crippen LogP contribution in [0.5, 0.6) is 0 Å². The van der Waals surface area contributed by atoms with Gasteiger partial charge in [-0.25, -0.2) is 4.98 Å². The molecule has 1 heterocycles. The van der Waals surface area contributed by atoms with Crippen molar-refractivity contribution in [1.29, 1.82) is 0 Å². The third-order valence-corrected chi connectivity index (χ3v) is 5.67. The minimum atomic E-state index is 0.394. The van der Waals surface area contributed by atoms with Crippen molar-refractivity contribution in [1.82, 2.24) is 15.6 Å². The predicted octanol–water partition coefficient (Wildman–Crippen LogP) is 3.95. The zero-order valence-electron chi connectivity index (χ0n) is 15.4. The lowest BCUT2D eigenvalue weighted by Gasteiger charge is -2.18. The molecule has 1 fully saturated rings. The van der Waals surface area contributed by atoms with Crippen molar-refractivity contribution in [2.45, 2.75) is 45.6 Å². The molecule has 0 atom stereocenters. The lowest BCUT2D eigenvalue weighted by molar-refractivity contribution is 0.492. The fourth-order valence-electron chi connectivity index (χ4n) is 2.94. The summed E-state index contributed by atoms with van der Waals surface area (Å²) in [6.07, 6.45) is 3.72. The topological polar surface area (TPSA) is 49.3 Å². The highest BCUT2D eigenvalue weighted by molar-refractivity contribution is 7.09. The number of hydrogen-bond donors (Lipinski definition) is 2. The van der Waals surface area contributed by atoms with Crippen LogP contribution >= 0.6 is 11.3 Å². The highest BCUT2D eigenvalue weighted by Crippen LogP contribution is 2.47. The van der Waals surface area contributed by atoms with Gasteiger partial charge in [0.15, 0.2) is 5.96 Å². The normalized spacial score (nSPS) is 16.1. The summed E-state index contributed by atoms with van der Waals surface area (Å²) in [5, 5.41) is 10.2. The zero-order chi connectivity index (χ0) is 17.7. The Morgan fingerprint density at radius 1 is 1.24 bits per heavy atom. The van der Waals surface area contributed by atoms with Gasteiger partial charge in [0.05, 0.1) is 12.2 Å². The maximum atomic E-state index is 4.67. The molecule has 0 saturated heterocycles. The lowest BCUT2D eigenvalue weighted by Crippen LogP contribution is -2.40. The fourth-order valence-corrected chi connectivity index (χ4v) is 3.84. The number of thiazole rings is 1. The summed E-state index contributed by atoms with van der Waals surface area (Å²) in [6, 6.07) is 10.8. The second-order valence-electron chi connectivity index (χ2n) is 7.26. The molecule has 0 bridgehead atoms. The number of benzene rings is 1. The molecule has 0 unspecified atom stereocenters. The molecule has 3 rings (SSSR count). The van der Waals surface area contributed by atoms with Gasteiger partial charge in [-0.1, -0.05) is 44.2 Å². The maximum Gasteiger partial charge on any atom is 0.191 e. The van der Waals surface area contributed by atoms with Crippen LogP contribution in [-0.4, -0.2) is 24.5 Å². The average molecular weight is 357 g/mol. The van der Waals surface area contributed by atoms with E-state index in [2.05, 4.69) is 70.2 Å². The van der Waals surface area contributed by atoms with Gasteiger partial charge in [-0.3, -0.25) is 4.99 Å². The molecule has 134 valence electrons. The van der Waals surface area contributed by atoms with Gasteiger partial charge in [-0.05, 0) is 36.2 Å². The molecule has 0 aliphatic heterocycles. The molecule has 2 aromatic rings. The van der Waals surface area contributed by atoms with E-state index in [1.807, 2.05) is 7.05 Å². The molecular weight excluding hydrogens is 328 g/mol. The summed E-state index contributed by atoms with van der Waals surface area (Å²) in [5.74, 6) is 1.34. The lowest BCUT2D eigenvalue weighted by atomic mass is 9.96. The number of aliphatic imine (C=N–C) groups is 1. The fraction of sp³-hybridized carbons (Fsp3) is 0.500. The van der Waals surface area contributed by atoms with Crippen LogP contribution in [0.2, 0.25) is 0 Å². The third kappa shape index (κ3) is 5.05. The van der Waals surface area contributed by atoms with Gasteiger partial charge in [0, 0.05) is 19.0 Å². The number of nitrogens with one attached hydrogen (secondary N) is 2. The Bertz CT molecular complexity index is 701. The highest BCUT2D eigenvalue weighted by atomic mass is 32.1. The van der Waals surface area contributed by atoms with E-state index >= 15 is 0 Å². The van der Waals surface area contributed by atoms with Gasteiger partial charge < -0.3 is 10.6 Å². The van der Waals surface area contributed by atoms with Crippen LogP contribution in [0, 0.1) is 5.41 Å². The maximum absolute atomic E-state index is 4.67. The minimum Gasteiger partial charge on any atom is -0.356 e. The summed E-state index contributed by atoms with van der Waals surface area (Å²) in [6.45, 7) is 6.04. The summed E-state index contributed by atoms with van der Waals surface area (Å²) < 4.78 is 0. The van der Waals surface area contributed by atoms with Crippen LogP contribution in [0.15, 0.2) is 40.7 Å². The second kappa shape index (κ2) is 8.00. The molecule has 1 aromatic carbocycles. The third-order valence-electron chi connectivity index (χ3n) is 4.80. The van der Waals surface area contributed by atoms with Gasteiger partial charge >= 0.3 is 0 Å².